The van der Waals surface area contributed by atoms with E-state index in [1.54, 1.807) is 23.0 Å². The third kappa shape index (κ3) is 3.63. The van der Waals surface area contributed by atoms with Crippen LogP contribution < -0.4 is 10.1 Å². The van der Waals surface area contributed by atoms with Crippen LogP contribution in [0.4, 0.5) is 0 Å². The van der Waals surface area contributed by atoms with Gasteiger partial charge in [0.1, 0.15) is 17.8 Å². The number of ether oxygens (including phenoxy) is 1. The summed E-state index contributed by atoms with van der Waals surface area (Å²) in [5.74, 6) is -0.353. The van der Waals surface area contributed by atoms with E-state index in [1.807, 2.05) is 24.3 Å². The molecule has 0 bridgehead atoms. The lowest BCUT2D eigenvalue weighted by Gasteiger charge is -2.29. The van der Waals surface area contributed by atoms with Crippen LogP contribution in [-0.4, -0.2) is 54.7 Å². The van der Waals surface area contributed by atoms with E-state index in [4.69, 9.17) is 4.74 Å². The van der Waals surface area contributed by atoms with Gasteiger partial charge >= 0.3 is 0 Å². The molecule has 2 fully saturated rings. The molecular weight excluding hydrogens is 424 g/mol. The fraction of sp³-hybridized carbons (Fsp3) is 0.304. The zero-order chi connectivity index (χ0) is 22.5. The third-order valence-electron chi connectivity index (χ3n) is 6.06. The van der Waals surface area contributed by atoms with Gasteiger partial charge in [-0.3, -0.25) is 19.7 Å². The van der Waals surface area contributed by atoms with Crippen LogP contribution in [0.3, 0.4) is 0 Å². The normalized spacial score (nSPS) is 20.1. The van der Waals surface area contributed by atoms with Crippen molar-refractivity contribution in [3.63, 3.8) is 0 Å². The highest BCUT2D eigenvalue weighted by molar-refractivity contribution is 6.05. The Balaban J connectivity index is 1.23. The Labute approximate surface area is 188 Å². The molecule has 0 unspecified atom stereocenters. The van der Waals surface area contributed by atoms with Crippen molar-refractivity contribution in [2.45, 2.75) is 44.4 Å². The molecule has 0 spiro atoms. The minimum Gasteiger partial charge on any atom is -0.474 e. The van der Waals surface area contributed by atoms with Crippen molar-refractivity contribution in [1.29, 1.82) is 0 Å². The van der Waals surface area contributed by atoms with Gasteiger partial charge in [0.15, 0.2) is 0 Å². The van der Waals surface area contributed by atoms with Gasteiger partial charge in [0.2, 0.25) is 17.7 Å². The van der Waals surface area contributed by atoms with E-state index < -0.39 is 11.9 Å². The molecule has 2 aromatic heterocycles. The van der Waals surface area contributed by atoms with Crippen molar-refractivity contribution < 1.29 is 19.1 Å². The molecule has 3 amide bonds. The van der Waals surface area contributed by atoms with Crippen LogP contribution in [0.2, 0.25) is 0 Å². The molecule has 2 aliphatic heterocycles. The first-order valence-electron chi connectivity index (χ1n) is 10.9. The number of nitrogens with one attached hydrogen (secondary N) is 1. The third-order valence-corrected chi connectivity index (χ3v) is 6.06. The maximum Gasteiger partial charge on any atom is 0.255 e. The highest BCUT2D eigenvalue weighted by Crippen LogP contribution is 2.30. The number of pyridine rings is 1. The summed E-state index contributed by atoms with van der Waals surface area (Å²) in [4.78, 5) is 42.6. The lowest BCUT2D eigenvalue weighted by molar-refractivity contribution is -0.136. The molecule has 3 aliphatic rings. The molecule has 166 valence electrons. The van der Waals surface area contributed by atoms with Crippen molar-refractivity contribution in [3.05, 3.63) is 53.7 Å². The Bertz CT molecular complexity index is 1300. The van der Waals surface area contributed by atoms with Gasteiger partial charge in [-0.05, 0) is 49.1 Å². The van der Waals surface area contributed by atoms with Crippen LogP contribution >= 0.6 is 0 Å². The molecule has 1 N–H and O–H groups in total. The van der Waals surface area contributed by atoms with E-state index in [0.29, 0.717) is 35.8 Å². The lowest BCUT2D eigenvalue weighted by Crippen LogP contribution is -2.52. The van der Waals surface area contributed by atoms with Crippen LogP contribution in [0.25, 0.3) is 17.1 Å². The highest BCUT2D eigenvalue weighted by Gasteiger charge is 2.39. The Morgan fingerprint density at radius 1 is 1.03 bits per heavy atom. The quantitative estimate of drug-likeness (QED) is 0.594. The second-order valence-corrected chi connectivity index (χ2v) is 8.47. The molecule has 10 heteroatoms. The number of fused-ring (bicyclic) bond motifs is 1. The second kappa shape index (κ2) is 7.51. The molecule has 1 aromatic carbocycles. The maximum atomic E-state index is 12.9. The number of nitrogens with zero attached hydrogens (tertiary/aromatic N) is 5. The number of piperidine rings is 1. The molecule has 0 radical (unpaired) electrons. The average Bonchev–Trinajstić information content (AvgIpc) is 3.37. The van der Waals surface area contributed by atoms with Crippen LogP contribution in [0.1, 0.15) is 41.6 Å². The predicted molar refractivity (Wildman–Crippen MR) is 114 cm³/mol. The topological polar surface area (TPSA) is 119 Å². The Morgan fingerprint density at radius 3 is 2.73 bits per heavy atom. The molecule has 1 saturated carbocycles. The van der Waals surface area contributed by atoms with Gasteiger partial charge in [-0.25, -0.2) is 9.67 Å². The first-order chi connectivity index (χ1) is 16.0. The molecule has 1 saturated heterocycles. The first-order valence-corrected chi connectivity index (χ1v) is 10.9. The fourth-order valence-corrected chi connectivity index (χ4v) is 4.19. The maximum absolute atomic E-state index is 12.9. The monoisotopic (exact) mass is 444 g/mol. The van der Waals surface area contributed by atoms with Crippen molar-refractivity contribution in [3.8, 4) is 23.0 Å². The Hall–Kier alpha value is -4.08. The van der Waals surface area contributed by atoms with Gasteiger partial charge in [-0.2, -0.15) is 0 Å². The average molecular weight is 444 g/mol. The van der Waals surface area contributed by atoms with Crippen LogP contribution in [0, 0.1) is 0 Å². The molecular formula is C23H20N6O4. The number of hydrogen-bond donors (Lipinski definition) is 1. The van der Waals surface area contributed by atoms with Crippen molar-refractivity contribution >= 4 is 17.7 Å². The summed E-state index contributed by atoms with van der Waals surface area (Å²) in [6.07, 6.45) is 4.72. The van der Waals surface area contributed by atoms with Gasteiger partial charge in [0, 0.05) is 24.6 Å². The van der Waals surface area contributed by atoms with Crippen LogP contribution in [-0.2, 0) is 16.1 Å². The van der Waals surface area contributed by atoms with E-state index in [2.05, 4.69) is 20.6 Å². The van der Waals surface area contributed by atoms with Gasteiger partial charge in [-0.1, -0.05) is 11.3 Å². The number of hydrogen-bond acceptors (Lipinski definition) is 7. The van der Waals surface area contributed by atoms with Crippen molar-refractivity contribution in [2.24, 2.45) is 0 Å². The summed E-state index contributed by atoms with van der Waals surface area (Å²) in [7, 11) is 0. The summed E-state index contributed by atoms with van der Waals surface area (Å²) >= 11 is 0. The van der Waals surface area contributed by atoms with E-state index in [1.165, 1.54) is 4.90 Å². The number of rotatable bonds is 5. The van der Waals surface area contributed by atoms with Crippen molar-refractivity contribution in [2.75, 3.05) is 0 Å². The largest absolute Gasteiger partial charge is 0.474 e. The lowest BCUT2D eigenvalue weighted by atomic mass is 10.0. The minimum atomic E-state index is -0.639. The number of carbonyl (C=O) groups is 3. The Kier molecular flexibility index (Phi) is 4.46. The number of aromatic nitrogens is 4. The number of carbonyl (C=O) groups excluding carboxylic acids is 3. The van der Waals surface area contributed by atoms with Gasteiger partial charge in [0.05, 0.1) is 17.6 Å². The Morgan fingerprint density at radius 2 is 1.91 bits per heavy atom. The summed E-state index contributed by atoms with van der Waals surface area (Å²) in [5.41, 5.74) is 3.38. The number of benzene rings is 1. The molecule has 33 heavy (non-hydrogen) atoms. The number of amides is 3. The standard InChI is InChI=1S/C23H20N6O4/c30-20-9-8-19(22(31)25-20)28-11-13-10-14(4-7-16(13)23(28)32)29-12-18(26-27-29)17-2-1-3-21(24-17)33-15-5-6-15/h1-4,7,10,12,15,19H,5-6,8-9,11H2,(H,25,30,31)/t19-/m1/s1. The van der Waals surface area contributed by atoms with Gasteiger partial charge in [0.25, 0.3) is 5.91 Å². The van der Waals surface area contributed by atoms with Gasteiger partial charge in [-0.15, -0.1) is 5.10 Å². The van der Waals surface area contributed by atoms with E-state index in [-0.39, 0.29) is 24.3 Å². The molecule has 4 heterocycles. The summed E-state index contributed by atoms with van der Waals surface area (Å²) in [5, 5.41) is 10.8. The molecule has 1 aliphatic carbocycles. The second-order valence-electron chi connectivity index (χ2n) is 8.47. The molecule has 10 nitrogen and oxygen atoms in total. The summed E-state index contributed by atoms with van der Waals surface area (Å²) in [6.45, 7) is 0.304. The van der Waals surface area contributed by atoms with E-state index in [0.717, 1.165) is 24.1 Å². The molecule has 6 rings (SSSR count). The van der Waals surface area contributed by atoms with Crippen LogP contribution in [0.5, 0.6) is 5.88 Å². The summed E-state index contributed by atoms with van der Waals surface area (Å²) < 4.78 is 7.39. The van der Waals surface area contributed by atoms with Crippen LogP contribution in [0.15, 0.2) is 42.6 Å². The van der Waals surface area contributed by atoms with E-state index >= 15 is 0 Å². The fourth-order valence-electron chi connectivity index (χ4n) is 4.19. The minimum absolute atomic E-state index is 0.206. The zero-order valence-corrected chi connectivity index (χ0v) is 17.6. The molecule has 1 atom stereocenters. The predicted octanol–water partition coefficient (Wildman–Crippen LogP) is 1.63. The summed E-state index contributed by atoms with van der Waals surface area (Å²) in [6, 6.07) is 10.3. The zero-order valence-electron chi connectivity index (χ0n) is 17.6. The molecule has 3 aromatic rings. The highest BCUT2D eigenvalue weighted by atomic mass is 16.5. The smallest absolute Gasteiger partial charge is 0.255 e. The van der Waals surface area contributed by atoms with Crippen molar-refractivity contribution in [1.82, 2.24) is 30.2 Å². The number of imide groups is 1. The first kappa shape index (κ1) is 19.6. The van der Waals surface area contributed by atoms with E-state index in [9.17, 15) is 14.4 Å². The van der Waals surface area contributed by atoms with Gasteiger partial charge < -0.3 is 9.64 Å². The SMILES string of the molecule is O=C1CC[C@@H](N2Cc3cc(-n4cc(-c5cccc(OC6CC6)n5)nn4)ccc3C2=O)C(=O)N1.